The van der Waals surface area contributed by atoms with Gasteiger partial charge in [-0.05, 0) is 18.9 Å². The Bertz CT molecular complexity index is 659. The average Bonchev–Trinajstić information content (AvgIpc) is 2.53. The van der Waals surface area contributed by atoms with Crippen LogP contribution in [0.25, 0.3) is 10.9 Å². The molecule has 0 radical (unpaired) electrons. The number of anilines is 1. The minimum absolute atomic E-state index is 0.0888. The van der Waals surface area contributed by atoms with Crippen LogP contribution in [0.15, 0.2) is 30.5 Å². The van der Waals surface area contributed by atoms with Crippen molar-refractivity contribution >= 4 is 22.4 Å². The van der Waals surface area contributed by atoms with E-state index in [9.17, 15) is 0 Å². The van der Waals surface area contributed by atoms with Gasteiger partial charge in [0, 0.05) is 24.7 Å². The van der Waals surface area contributed by atoms with Gasteiger partial charge in [-0.15, -0.1) is 0 Å². The van der Waals surface area contributed by atoms with Crippen molar-refractivity contribution in [3.63, 3.8) is 0 Å². The van der Waals surface area contributed by atoms with E-state index in [2.05, 4.69) is 23.0 Å². The summed E-state index contributed by atoms with van der Waals surface area (Å²) in [4.78, 5) is 6.76. The molecule has 2 aromatic rings. The van der Waals surface area contributed by atoms with Gasteiger partial charge in [-0.3, -0.25) is 10.4 Å². The lowest BCUT2D eigenvalue weighted by Gasteiger charge is -2.34. The molecule has 0 bridgehead atoms. The van der Waals surface area contributed by atoms with Crippen molar-refractivity contribution in [3.05, 3.63) is 36.0 Å². The van der Waals surface area contributed by atoms with Crippen LogP contribution < -0.4 is 10.6 Å². The second-order valence-corrected chi connectivity index (χ2v) is 5.85. The molecule has 3 rings (SSSR count). The Morgan fingerprint density at radius 1 is 1.24 bits per heavy atom. The Labute approximate surface area is 125 Å². The van der Waals surface area contributed by atoms with Crippen LogP contribution in [0.4, 0.5) is 5.69 Å². The Morgan fingerprint density at radius 3 is 2.67 bits per heavy atom. The zero-order valence-corrected chi connectivity index (χ0v) is 12.5. The topological polar surface area (TPSA) is 66.0 Å². The van der Waals surface area contributed by atoms with Crippen LogP contribution in [0.5, 0.6) is 0 Å². The number of benzene rings is 1. The van der Waals surface area contributed by atoms with E-state index in [0.29, 0.717) is 6.04 Å². The van der Waals surface area contributed by atoms with Crippen LogP contribution >= 0.6 is 0 Å². The highest BCUT2D eigenvalue weighted by molar-refractivity contribution is 6.07. The van der Waals surface area contributed by atoms with Crippen LogP contribution in [0, 0.1) is 5.41 Å². The first kappa shape index (κ1) is 13.9. The van der Waals surface area contributed by atoms with E-state index in [1.165, 1.54) is 32.1 Å². The summed E-state index contributed by atoms with van der Waals surface area (Å²) in [6.07, 6.45) is 8.07. The largest absolute Gasteiger partial charge is 0.384 e. The number of aromatic nitrogens is 1. The van der Waals surface area contributed by atoms with Crippen molar-refractivity contribution in [1.82, 2.24) is 4.98 Å². The fourth-order valence-corrected chi connectivity index (χ4v) is 3.35. The molecule has 4 nitrogen and oxygen atoms in total. The number of amidine groups is 1. The molecule has 1 fully saturated rings. The molecule has 1 aromatic heterocycles. The summed E-state index contributed by atoms with van der Waals surface area (Å²) in [6.45, 7) is 0. The van der Waals surface area contributed by atoms with Crippen molar-refractivity contribution < 1.29 is 0 Å². The van der Waals surface area contributed by atoms with Gasteiger partial charge in [-0.25, -0.2) is 0 Å². The average molecular weight is 282 g/mol. The lowest BCUT2D eigenvalue weighted by molar-refractivity contribution is 0.428. The molecule has 3 N–H and O–H groups in total. The van der Waals surface area contributed by atoms with Crippen LogP contribution in [0.2, 0.25) is 0 Å². The standard InChI is InChI=1S/C17H22N4/c1-21(12-7-3-2-4-8-12)16-13-9-5-6-10-15(13)20-11-14(16)17(18)19/h5-6,9-12H,2-4,7-8H2,1H3,(H3,18,19). The minimum Gasteiger partial charge on any atom is -0.384 e. The summed E-state index contributed by atoms with van der Waals surface area (Å²) in [7, 11) is 2.13. The van der Waals surface area contributed by atoms with Gasteiger partial charge in [0.05, 0.1) is 16.8 Å². The number of pyridine rings is 1. The first-order valence-corrected chi connectivity index (χ1v) is 7.63. The molecule has 0 unspecified atom stereocenters. The van der Waals surface area contributed by atoms with Crippen molar-refractivity contribution in [3.8, 4) is 0 Å². The van der Waals surface area contributed by atoms with Gasteiger partial charge in [-0.2, -0.15) is 0 Å². The number of para-hydroxylation sites is 1. The van der Waals surface area contributed by atoms with Crippen molar-refractivity contribution in [2.24, 2.45) is 5.73 Å². The number of rotatable bonds is 3. The van der Waals surface area contributed by atoms with Gasteiger partial charge in [-0.1, -0.05) is 37.5 Å². The highest BCUT2D eigenvalue weighted by Gasteiger charge is 2.23. The molecule has 0 saturated heterocycles. The van der Waals surface area contributed by atoms with Gasteiger partial charge in [0.15, 0.2) is 0 Å². The fourth-order valence-electron chi connectivity index (χ4n) is 3.35. The number of fused-ring (bicyclic) bond motifs is 1. The van der Waals surface area contributed by atoms with Gasteiger partial charge in [0.2, 0.25) is 0 Å². The van der Waals surface area contributed by atoms with E-state index in [0.717, 1.165) is 22.2 Å². The normalized spacial score (nSPS) is 16.0. The third-order valence-electron chi connectivity index (χ3n) is 4.51. The molecule has 0 amide bonds. The van der Waals surface area contributed by atoms with Gasteiger partial charge >= 0.3 is 0 Å². The number of nitrogens with two attached hydrogens (primary N) is 1. The number of nitrogens with one attached hydrogen (secondary N) is 1. The Kier molecular flexibility index (Phi) is 3.78. The second kappa shape index (κ2) is 5.72. The summed E-state index contributed by atoms with van der Waals surface area (Å²) in [5.74, 6) is 0.0888. The van der Waals surface area contributed by atoms with Crippen LogP contribution in [0.3, 0.4) is 0 Å². The molecular weight excluding hydrogens is 260 g/mol. The Morgan fingerprint density at radius 2 is 1.95 bits per heavy atom. The van der Waals surface area contributed by atoms with Crippen molar-refractivity contribution in [2.45, 2.75) is 38.1 Å². The molecule has 110 valence electrons. The van der Waals surface area contributed by atoms with Gasteiger partial charge < -0.3 is 10.6 Å². The quantitative estimate of drug-likeness (QED) is 0.670. The monoisotopic (exact) mass is 282 g/mol. The molecule has 1 aliphatic carbocycles. The number of nitrogens with zero attached hydrogens (tertiary/aromatic N) is 2. The third-order valence-corrected chi connectivity index (χ3v) is 4.51. The first-order valence-electron chi connectivity index (χ1n) is 7.63. The van der Waals surface area contributed by atoms with Gasteiger partial charge in [0.1, 0.15) is 5.84 Å². The minimum atomic E-state index is 0.0888. The highest BCUT2D eigenvalue weighted by Crippen LogP contribution is 2.33. The second-order valence-electron chi connectivity index (χ2n) is 5.85. The lowest BCUT2D eigenvalue weighted by atomic mass is 9.93. The number of hydrogen-bond acceptors (Lipinski definition) is 3. The fraction of sp³-hybridized carbons (Fsp3) is 0.412. The van der Waals surface area contributed by atoms with E-state index < -0.39 is 0 Å². The van der Waals surface area contributed by atoms with Crippen LogP contribution in [-0.2, 0) is 0 Å². The summed E-state index contributed by atoms with van der Waals surface area (Å²) >= 11 is 0. The van der Waals surface area contributed by atoms with E-state index in [-0.39, 0.29) is 5.84 Å². The molecular formula is C17H22N4. The van der Waals surface area contributed by atoms with E-state index >= 15 is 0 Å². The van der Waals surface area contributed by atoms with E-state index in [1.807, 2.05) is 18.2 Å². The molecule has 1 aromatic carbocycles. The molecule has 0 aliphatic heterocycles. The Balaban J connectivity index is 2.13. The van der Waals surface area contributed by atoms with Gasteiger partial charge in [0.25, 0.3) is 0 Å². The number of hydrogen-bond donors (Lipinski definition) is 2. The summed E-state index contributed by atoms with van der Waals surface area (Å²) in [6, 6.07) is 8.63. The predicted octanol–water partition coefficient (Wildman–Crippen LogP) is 3.29. The summed E-state index contributed by atoms with van der Waals surface area (Å²) in [5.41, 5.74) is 8.54. The predicted molar refractivity (Wildman–Crippen MR) is 88.0 cm³/mol. The zero-order chi connectivity index (χ0) is 14.8. The molecule has 4 heteroatoms. The maximum atomic E-state index is 7.87. The van der Waals surface area contributed by atoms with Crippen molar-refractivity contribution in [2.75, 3.05) is 11.9 Å². The highest BCUT2D eigenvalue weighted by atomic mass is 15.1. The maximum Gasteiger partial charge on any atom is 0.126 e. The van der Waals surface area contributed by atoms with E-state index in [1.54, 1.807) is 6.20 Å². The van der Waals surface area contributed by atoms with E-state index in [4.69, 9.17) is 11.1 Å². The van der Waals surface area contributed by atoms with Crippen LogP contribution in [-0.4, -0.2) is 23.9 Å². The number of nitrogen functional groups attached to an aromatic ring is 1. The molecule has 1 heterocycles. The molecule has 1 saturated carbocycles. The lowest BCUT2D eigenvalue weighted by Crippen LogP contribution is -2.35. The maximum absolute atomic E-state index is 7.87. The molecule has 21 heavy (non-hydrogen) atoms. The van der Waals surface area contributed by atoms with Crippen molar-refractivity contribution in [1.29, 1.82) is 5.41 Å². The SMILES string of the molecule is CN(c1c(C(=N)N)cnc2ccccc12)C1CCCCC1. The summed E-state index contributed by atoms with van der Waals surface area (Å²) < 4.78 is 0. The molecule has 1 aliphatic rings. The smallest absolute Gasteiger partial charge is 0.126 e. The Hall–Kier alpha value is -2.10. The van der Waals surface area contributed by atoms with Crippen LogP contribution in [0.1, 0.15) is 37.7 Å². The summed E-state index contributed by atoms with van der Waals surface area (Å²) in [5, 5.41) is 8.95. The molecule has 0 spiro atoms. The zero-order valence-electron chi connectivity index (χ0n) is 12.5. The third kappa shape index (κ3) is 2.58. The molecule has 0 atom stereocenters. The first-order chi connectivity index (χ1) is 10.2.